The molecule has 3 aliphatic carbocycles. The highest BCUT2D eigenvalue weighted by molar-refractivity contribution is 5.95. The quantitative estimate of drug-likeness (QED) is 0.792. The Bertz CT molecular complexity index is 785. The van der Waals surface area contributed by atoms with Crippen LogP contribution in [0.25, 0.3) is 0 Å². The second kappa shape index (κ2) is 5.48. The minimum Gasteiger partial charge on any atom is -0.465 e. The van der Waals surface area contributed by atoms with Crippen LogP contribution >= 0.6 is 0 Å². The summed E-state index contributed by atoms with van der Waals surface area (Å²) in [5.74, 6) is -0.396. The fourth-order valence-corrected chi connectivity index (χ4v) is 4.37. The number of ether oxygens (including phenoxy) is 2. The number of methoxy groups -OCH3 is 2. The van der Waals surface area contributed by atoms with Gasteiger partial charge in [-0.1, -0.05) is 24.3 Å². The third-order valence-electron chi connectivity index (χ3n) is 5.28. The number of carbonyl (C=O) groups excluding carboxylic acids is 2. The zero-order valence-corrected chi connectivity index (χ0v) is 13.7. The van der Waals surface area contributed by atoms with Crippen LogP contribution in [0.2, 0.25) is 0 Å². The molecule has 0 radical (unpaired) electrons. The van der Waals surface area contributed by atoms with E-state index in [-0.39, 0.29) is 23.8 Å². The number of benzene rings is 2. The van der Waals surface area contributed by atoms with Crippen molar-refractivity contribution in [2.24, 2.45) is 0 Å². The summed E-state index contributed by atoms with van der Waals surface area (Å²) >= 11 is 0. The summed E-state index contributed by atoms with van der Waals surface area (Å²) in [4.78, 5) is 24.5. The Labute approximate surface area is 140 Å². The zero-order chi connectivity index (χ0) is 16.8. The topological polar surface area (TPSA) is 52.6 Å². The number of fused-ring (bicyclic) bond motifs is 1. The smallest absolute Gasteiger partial charge is 0.338 e. The Morgan fingerprint density at radius 1 is 0.792 bits per heavy atom. The number of rotatable bonds is 2. The Morgan fingerprint density at radius 2 is 1.25 bits per heavy atom. The lowest BCUT2D eigenvalue weighted by atomic mass is 9.62. The van der Waals surface area contributed by atoms with Crippen LogP contribution in [0.15, 0.2) is 36.4 Å². The van der Waals surface area contributed by atoms with Gasteiger partial charge in [0, 0.05) is 11.8 Å². The lowest BCUT2D eigenvalue weighted by Gasteiger charge is -2.41. The number of esters is 2. The number of hydrogen-bond acceptors (Lipinski definition) is 4. The van der Waals surface area contributed by atoms with E-state index in [0.717, 1.165) is 24.0 Å². The molecule has 2 aromatic rings. The molecular weight excluding hydrogens is 304 g/mol. The third kappa shape index (κ3) is 1.92. The van der Waals surface area contributed by atoms with Gasteiger partial charge in [0.1, 0.15) is 0 Å². The molecule has 0 saturated heterocycles. The molecule has 4 heteroatoms. The van der Waals surface area contributed by atoms with Crippen molar-refractivity contribution in [1.82, 2.24) is 0 Å². The summed E-state index contributed by atoms with van der Waals surface area (Å²) < 4.78 is 9.93. The van der Waals surface area contributed by atoms with Crippen LogP contribution in [-0.4, -0.2) is 26.2 Å². The summed E-state index contributed by atoms with van der Waals surface area (Å²) in [5.41, 5.74) is 5.62. The van der Waals surface area contributed by atoms with Crippen molar-refractivity contribution >= 4 is 11.9 Å². The fourth-order valence-electron chi connectivity index (χ4n) is 4.37. The molecule has 0 atom stereocenters. The van der Waals surface area contributed by atoms with Crippen molar-refractivity contribution < 1.29 is 19.1 Å². The van der Waals surface area contributed by atoms with Crippen LogP contribution in [0, 0.1) is 0 Å². The van der Waals surface area contributed by atoms with Crippen LogP contribution in [0.4, 0.5) is 0 Å². The van der Waals surface area contributed by atoms with Gasteiger partial charge >= 0.3 is 11.9 Å². The number of hydrogen-bond donors (Lipinski definition) is 0. The molecule has 24 heavy (non-hydrogen) atoms. The molecule has 0 heterocycles. The van der Waals surface area contributed by atoms with Gasteiger partial charge in [-0.2, -0.15) is 0 Å². The molecule has 2 bridgehead atoms. The van der Waals surface area contributed by atoms with Crippen molar-refractivity contribution in [2.75, 3.05) is 14.2 Å². The van der Waals surface area contributed by atoms with Gasteiger partial charge in [-0.25, -0.2) is 9.59 Å². The highest BCUT2D eigenvalue weighted by atomic mass is 16.5. The van der Waals surface area contributed by atoms with Gasteiger partial charge in [-0.15, -0.1) is 0 Å². The predicted octanol–water partition coefficient (Wildman–Crippen LogP) is 3.63. The molecule has 122 valence electrons. The Balaban J connectivity index is 1.97. The normalized spacial score (nSPS) is 20.1. The monoisotopic (exact) mass is 322 g/mol. The molecule has 0 aromatic heterocycles. The molecule has 4 nitrogen and oxygen atoms in total. The maximum atomic E-state index is 12.2. The van der Waals surface area contributed by atoms with E-state index in [1.54, 1.807) is 0 Å². The maximum absolute atomic E-state index is 12.2. The van der Waals surface area contributed by atoms with Crippen LogP contribution in [0.5, 0.6) is 0 Å². The van der Waals surface area contributed by atoms with Crippen molar-refractivity contribution in [3.8, 4) is 0 Å². The SMILES string of the molecule is COC(=O)c1cccc2c1C1CCC2c2cccc(C(=O)OC)c21. The van der Waals surface area contributed by atoms with E-state index in [9.17, 15) is 9.59 Å². The molecule has 0 unspecified atom stereocenters. The Morgan fingerprint density at radius 3 is 1.71 bits per heavy atom. The van der Waals surface area contributed by atoms with Gasteiger partial charge in [0.2, 0.25) is 0 Å². The van der Waals surface area contributed by atoms with E-state index in [2.05, 4.69) is 12.1 Å². The van der Waals surface area contributed by atoms with E-state index >= 15 is 0 Å². The minimum atomic E-state index is -0.323. The van der Waals surface area contributed by atoms with Crippen molar-refractivity contribution in [1.29, 1.82) is 0 Å². The predicted molar refractivity (Wildman–Crippen MR) is 88.5 cm³/mol. The first-order valence-corrected chi connectivity index (χ1v) is 8.09. The van der Waals surface area contributed by atoms with Gasteiger partial charge in [0.15, 0.2) is 0 Å². The summed E-state index contributed by atoms with van der Waals surface area (Å²) in [7, 11) is 2.80. The summed E-state index contributed by atoms with van der Waals surface area (Å²) in [6, 6.07) is 11.6. The molecule has 0 N–H and O–H groups in total. The van der Waals surface area contributed by atoms with Crippen LogP contribution in [0.1, 0.15) is 67.6 Å². The lowest BCUT2D eigenvalue weighted by molar-refractivity contribution is 0.0592. The highest BCUT2D eigenvalue weighted by Gasteiger charge is 2.41. The van der Waals surface area contributed by atoms with E-state index < -0.39 is 0 Å². The molecule has 5 rings (SSSR count). The molecule has 2 aromatic carbocycles. The van der Waals surface area contributed by atoms with Crippen LogP contribution in [-0.2, 0) is 9.47 Å². The minimum absolute atomic E-state index is 0.0330. The second-order valence-corrected chi connectivity index (χ2v) is 6.28. The molecule has 0 saturated carbocycles. The van der Waals surface area contributed by atoms with E-state index in [1.807, 2.05) is 24.3 Å². The lowest BCUT2D eigenvalue weighted by Crippen LogP contribution is -2.29. The molecule has 3 aliphatic rings. The van der Waals surface area contributed by atoms with Crippen LogP contribution in [0.3, 0.4) is 0 Å². The van der Waals surface area contributed by atoms with Gasteiger partial charge in [0.25, 0.3) is 0 Å². The Hall–Kier alpha value is -2.62. The fraction of sp³-hybridized carbons (Fsp3) is 0.300. The highest BCUT2D eigenvalue weighted by Crippen LogP contribution is 2.54. The van der Waals surface area contributed by atoms with Gasteiger partial charge in [-0.3, -0.25) is 0 Å². The van der Waals surface area contributed by atoms with E-state index in [1.165, 1.54) is 25.3 Å². The van der Waals surface area contributed by atoms with Crippen molar-refractivity contribution in [3.05, 3.63) is 69.8 Å². The van der Waals surface area contributed by atoms with Gasteiger partial charge in [-0.05, 0) is 47.2 Å². The van der Waals surface area contributed by atoms with Gasteiger partial charge < -0.3 is 9.47 Å². The first-order valence-electron chi connectivity index (χ1n) is 8.09. The molecule has 0 amide bonds. The summed E-state index contributed by atoms with van der Waals surface area (Å²) in [6.45, 7) is 0. The van der Waals surface area contributed by atoms with E-state index in [4.69, 9.17) is 9.47 Å². The maximum Gasteiger partial charge on any atom is 0.338 e. The first-order chi connectivity index (χ1) is 11.7. The summed E-state index contributed by atoms with van der Waals surface area (Å²) in [5, 5.41) is 0. The molecule has 0 fully saturated rings. The number of carbonyl (C=O) groups is 2. The largest absolute Gasteiger partial charge is 0.465 e. The van der Waals surface area contributed by atoms with Crippen molar-refractivity contribution in [2.45, 2.75) is 24.7 Å². The average Bonchev–Trinajstić information content (AvgIpc) is 2.66. The molecule has 0 spiro atoms. The van der Waals surface area contributed by atoms with Crippen LogP contribution < -0.4 is 0 Å². The summed E-state index contributed by atoms with van der Waals surface area (Å²) in [6.07, 6.45) is 1.95. The Kier molecular flexibility index (Phi) is 3.41. The van der Waals surface area contributed by atoms with E-state index in [0.29, 0.717) is 11.1 Å². The third-order valence-corrected chi connectivity index (χ3v) is 5.28. The molecule has 0 aliphatic heterocycles. The second-order valence-electron chi connectivity index (χ2n) is 6.28. The van der Waals surface area contributed by atoms with Gasteiger partial charge in [0.05, 0.1) is 25.3 Å². The first kappa shape index (κ1) is 14.9. The van der Waals surface area contributed by atoms with Crippen molar-refractivity contribution in [3.63, 3.8) is 0 Å². The molecular formula is C20H18O4. The average molecular weight is 322 g/mol. The standard InChI is InChI=1S/C20H18O4/c1-23-19(21)15-7-3-5-12-11-9-10-14(17(12)15)18-13(11)6-4-8-16(18)20(22)24-2/h3-8,11,14H,9-10H2,1-2H3. The zero-order valence-electron chi connectivity index (χ0n) is 13.7.